The standard InChI is InChI=1S/C12H14N2O2/c1-3-4-5-12(15)14-11-8-9(16-2)6-7-10(11)13/h1,6-8H,4-5,13H2,2H3,(H,14,15). The largest absolute Gasteiger partial charge is 0.497 e. The van der Waals surface area contributed by atoms with Crippen LogP contribution in [-0.2, 0) is 4.79 Å². The molecule has 4 heteroatoms. The topological polar surface area (TPSA) is 64.3 Å². The van der Waals surface area contributed by atoms with Gasteiger partial charge in [-0.1, -0.05) is 0 Å². The van der Waals surface area contributed by atoms with Crippen molar-refractivity contribution in [3.05, 3.63) is 18.2 Å². The summed E-state index contributed by atoms with van der Waals surface area (Å²) >= 11 is 0. The molecule has 3 N–H and O–H groups in total. The summed E-state index contributed by atoms with van der Waals surface area (Å²) in [5.41, 5.74) is 6.75. The normalized spacial score (nSPS) is 9.25. The Balaban J connectivity index is 2.72. The zero-order valence-corrected chi connectivity index (χ0v) is 9.12. The fourth-order valence-electron chi connectivity index (χ4n) is 1.17. The lowest BCUT2D eigenvalue weighted by atomic mass is 10.2. The number of hydrogen-bond acceptors (Lipinski definition) is 3. The van der Waals surface area contributed by atoms with Crippen LogP contribution in [0.3, 0.4) is 0 Å². The van der Waals surface area contributed by atoms with Crippen molar-refractivity contribution < 1.29 is 9.53 Å². The highest BCUT2D eigenvalue weighted by Crippen LogP contribution is 2.24. The molecule has 0 spiro atoms. The third-order valence-corrected chi connectivity index (χ3v) is 2.03. The van der Waals surface area contributed by atoms with Gasteiger partial charge in [0.2, 0.25) is 5.91 Å². The molecule has 1 amide bonds. The lowest BCUT2D eigenvalue weighted by Gasteiger charge is -2.09. The molecule has 0 saturated heterocycles. The van der Waals surface area contributed by atoms with Gasteiger partial charge in [0.15, 0.2) is 0 Å². The van der Waals surface area contributed by atoms with Crippen molar-refractivity contribution in [2.75, 3.05) is 18.2 Å². The average molecular weight is 218 g/mol. The van der Waals surface area contributed by atoms with Gasteiger partial charge in [-0.15, -0.1) is 12.3 Å². The Labute approximate surface area is 94.8 Å². The number of nitrogens with two attached hydrogens (primary N) is 1. The SMILES string of the molecule is C#CCCC(=O)Nc1cc(OC)ccc1N. The van der Waals surface area contributed by atoms with Crippen LogP contribution >= 0.6 is 0 Å². The molecule has 0 aliphatic carbocycles. The van der Waals surface area contributed by atoms with Gasteiger partial charge in [-0.05, 0) is 12.1 Å². The first-order valence-electron chi connectivity index (χ1n) is 4.84. The van der Waals surface area contributed by atoms with E-state index in [9.17, 15) is 4.79 Å². The van der Waals surface area contributed by atoms with Crippen molar-refractivity contribution in [1.82, 2.24) is 0 Å². The van der Waals surface area contributed by atoms with E-state index in [2.05, 4.69) is 11.2 Å². The maximum atomic E-state index is 11.4. The first-order valence-corrected chi connectivity index (χ1v) is 4.84. The molecule has 0 heterocycles. The number of terminal acetylenes is 1. The molecule has 0 fully saturated rings. The molecule has 0 saturated carbocycles. The Kier molecular flexibility index (Phi) is 4.22. The summed E-state index contributed by atoms with van der Waals surface area (Å²) in [6, 6.07) is 5.07. The van der Waals surface area contributed by atoms with Crippen LogP contribution in [0.5, 0.6) is 5.75 Å². The van der Waals surface area contributed by atoms with Crippen LogP contribution in [0.15, 0.2) is 18.2 Å². The minimum absolute atomic E-state index is 0.155. The summed E-state index contributed by atoms with van der Waals surface area (Å²) in [5.74, 6) is 2.89. The number of hydrogen-bond donors (Lipinski definition) is 2. The molecule has 16 heavy (non-hydrogen) atoms. The summed E-state index contributed by atoms with van der Waals surface area (Å²) in [6.45, 7) is 0. The molecule has 4 nitrogen and oxygen atoms in total. The van der Waals surface area contributed by atoms with Crippen molar-refractivity contribution in [2.24, 2.45) is 0 Å². The van der Waals surface area contributed by atoms with Crippen molar-refractivity contribution >= 4 is 17.3 Å². The van der Waals surface area contributed by atoms with Crippen molar-refractivity contribution in [3.8, 4) is 18.1 Å². The Hall–Kier alpha value is -2.15. The molecular weight excluding hydrogens is 204 g/mol. The van der Waals surface area contributed by atoms with Crippen LogP contribution in [0.25, 0.3) is 0 Å². The number of anilines is 2. The van der Waals surface area contributed by atoms with E-state index < -0.39 is 0 Å². The maximum absolute atomic E-state index is 11.4. The van der Waals surface area contributed by atoms with Gasteiger partial charge in [0.25, 0.3) is 0 Å². The second-order valence-electron chi connectivity index (χ2n) is 3.21. The summed E-state index contributed by atoms with van der Waals surface area (Å²) < 4.78 is 5.03. The highest BCUT2D eigenvalue weighted by Gasteiger charge is 2.05. The highest BCUT2D eigenvalue weighted by molar-refractivity contribution is 5.94. The zero-order valence-electron chi connectivity index (χ0n) is 9.12. The molecule has 1 aromatic carbocycles. The number of rotatable bonds is 4. The quantitative estimate of drug-likeness (QED) is 0.596. The molecule has 0 radical (unpaired) electrons. The third-order valence-electron chi connectivity index (χ3n) is 2.03. The van der Waals surface area contributed by atoms with Crippen LogP contribution in [0, 0.1) is 12.3 Å². The lowest BCUT2D eigenvalue weighted by Crippen LogP contribution is -2.12. The fourth-order valence-corrected chi connectivity index (χ4v) is 1.17. The Morgan fingerprint density at radius 2 is 2.38 bits per heavy atom. The van der Waals surface area contributed by atoms with E-state index in [1.54, 1.807) is 25.3 Å². The Bertz CT molecular complexity index is 422. The number of ether oxygens (including phenoxy) is 1. The highest BCUT2D eigenvalue weighted by atomic mass is 16.5. The van der Waals surface area contributed by atoms with Gasteiger partial charge in [0.05, 0.1) is 18.5 Å². The van der Waals surface area contributed by atoms with Gasteiger partial charge in [0, 0.05) is 18.9 Å². The molecule has 0 aliphatic heterocycles. The third kappa shape index (κ3) is 3.21. The predicted molar refractivity (Wildman–Crippen MR) is 64.1 cm³/mol. The molecule has 0 bridgehead atoms. The Morgan fingerprint density at radius 3 is 3.00 bits per heavy atom. The second kappa shape index (κ2) is 5.66. The number of nitrogens with one attached hydrogen (secondary N) is 1. The van der Waals surface area contributed by atoms with Crippen LogP contribution < -0.4 is 15.8 Å². The average Bonchev–Trinajstić information content (AvgIpc) is 2.29. The molecule has 0 unspecified atom stereocenters. The van der Waals surface area contributed by atoms with Gasteiger partial charge in [-0.25, -0.2) is 0 Å². The van der Waals surface area contributed by atoms with E-state index in [4.69, 9.17) is 16.9 Å². The minimum Gasteiger partial charge on any atom is -0.497 e. The molecule has 0 atom stereocenters. The lowest BCUT2D eigenvalue weighted by molar-refractivity contribution is -0.116. The van der Waals surface area contributed by atoms with E-state index in [1.165, 1.54) is 0 Å². The molecule has 1 aromatic rings. The van der Waals surface area contributed by atoms with E-state index in [0.29, 0.717) is 23.5 Å². The van der Waals surface area contributed by atoms with Gasteiger partial charge in [0.1, 0.15) is 5.75 Å². The summed E-state index contributed by atoms with van der Waals surface area (Å²) in [6.07, 6.45) is 5.77. The van der Waals surface area contributed by atoms with Crippen molar-refractivity contribution in [3.63, 3.8) is 0 Å². The molecule has 0 aliphatic rings. The number of benzene rings is 1. The van der Waals surface area contributed by atoms with Crippen LogP contribution in [0.1, 0.15) is 12.8 Å². The van der Waals surface area contributed by atoms with Crippen molar-refractivity contribution in [2.45, 2.75) is 12.8 Å². The number of amides is 1. The summed E-state index contributed by atoms with van der Waals surface area (Å²) in [5, 5.41) is 2.68. The number of carbonyl (C=O) groups is 1. The van der Waals surface area contributed by atoms with Gasteiger partial charge >= 0.3 is 0 Å². The monoisotopic (exact) mass is 218 g/mol. The number of carbonyl (C=O) groups excluding carboxylic acids is 1. The predicted octanol–water partition coefficient (Wildman–Crippen LogP) is 1.63. The first-order chi connectivity index (χ1) is 7.67. The smallest absolute Gasteiger partial charge is 0.225 e. The van der Waals surface area contributed by atoms with Gasteiger partial charge in [-0.3, -0.25) is 4.79 Å². The number of nitrogen functional groups attached to an aromatic ring is 1. The maximum Gasteiger partial charge on any atom is 0.225 e. The Morgan fingerprint density at radius 1 is 1.62 bits per heavy atom. The molecular formula is C12H14N2O2. The number of methoxy groups -OCH3 is 1. The van der Waals surface area contributed by atoms with E-state index >= 15 is 0 Å². The minimum atomic E-state index is -0.155. The summed E-state index contributed by atoms with van der Waals surface area (Å²) in [7, 11) is 1.55. The molecule has 1 rings (SSSR count). The van der Waals surface area contributed by atoms with Crippen LogP contribution in [0.2, 0.25) is 0 Å². The van der Waals surface area contributed by atoms with E-state index in [1.807, 2.05) is 0 Å². The van der Waals surface area contributed by atoms with Crippen LogP contribution in [0.4, 0.5) is 11.4 Å². The van der Waals surface area contributed by atoms with E-state index in [-0.39, 0.29) is 12.3 Å². The molecule has 0 aromatic heterocycles. The molecule has 84 valence electrons. The summed E-state index contributed by atoms with van der Waals surface area (Å²) in [4.78, 5) is 11.4. The fraction of sp³-hybridized carbons (Fsp3) is 0.250. The van der Waals surface area contributed by atoms with E-state index in [0.717, 1.165) is 0 Å². The van der Waals surface area contributed by atoms with Crippen molar-refractivity contribution in [1.29, 1.82) is 0 Å². The van der Waals surface area contributed by atoms with Gasteiger partial charge < -0.3 is 15.8 Å². The van der Waals surface area contributed by atoms with Gasteiger partial charge in [-0.2, -0.15) is 0 Å². The first kappa shape index (κ1) is 11.9. The van der Waals surface area contributed by atoms with Crippen LogP contribution in [-0.4, -0.2) is 13.0 Å². The second-order valence-corrected chi connectivity index (χ2v) is 3.21. The zero-order chi connectivity index (χ0) is 12.0.